The van der Waals surface area contributed by atoms with Crippen LogP contribution in [-0.4, -0.2) is 25.2 Å². The Kier molecular flexibility index (Phi) is 5.25. The number of rotatable bonds is 3. The Morgan fingerprint density at radius 3 is 2.56 bits per heavy atom. The van der Waals surface area contributed by atoms with E-state index in [1.54, 1.807) is 4.68 Å². The first-order valence-corrected chi connectivity index (χ1v) is 9.59. The summed E-state index contributed by atoms with van der Waals surface area (Å²) in [4.78, 5) is 16.0. The van der Waals surface area contributed by atoms with E-state index in [9.17, 15) is 31.1 Å². The molecule has 1 aliphatic rings. The molecule has 0 bridgehead atoms. The van der Waals surface area contributed by atoms with E-state index in [0.717, 1.165) is 29.2 Å². The zero-order chi connectivity index (χ0) is 23.3. The average molecular weight is 457 g/mol. The van der Waals surface area contributed by atoms with Crippen LogP contribution in [0.4, 0.5) is 26.3 Å². The Morgan fingerprint density at radius 2 is 1.88 bits per heavy atom. The minimum Gasteiger partial charge on any atom is -0.356 e. The first kappa shape index (κ1) is 21.9. The fraction of sp³-hybridized carbons (Fsp3) is 0.350. The van der Waals surface area contributed by atoms with Gasteiger partial charge >= 0.3 is 12.4 Å². The maximum atomic E-state index is 13.3. The molecule has 1 atom stereocenters. The summed E-state index contributed by atoms with van der Waals surface area (Å²) < 4.78 is 81.4. The van der Waals surface area contributed by atoms with Crippen molar-refractivity contribution in [3.8, 4) is 11.3 Å². The van der Waals surface area contributed by atoms with Gasteiger partial charge in [-0.3, -0.25) is 14.5 Å². The summed E-state index contributed by atoms with van der Waals surface area (Å²) in [5.74, 6) is -0.887. The highest BCUT2D eigenvalue weighted by molar-refractivity contribution is 5.96. The van der Waals surface area contributed by atoms with Gasteiger partial charge in [0.2, 0.25) is 0 Å². The maximum absolute atomic E-state index is 13.3. The van der Waals surface area contributed by atoms with Crippen LogP contribution in [0, 0.1) is 0 Å². The fourth-order valence-corrected chi connectivity index (χ4v) is 3.74. The van der Waals surface area contributed by atoms with Crippen LogP contribution in [0.1, 0.15) is 46.2 Å². The van der Waals surface area contributed by atoms with Crippen molar-refractivity contribution in [1.29, 1.82) is 0 Å². The number of carbonyl (C=O) groups is 1. The van der Waals surface area contributed by atoms with E-state index in [4.69, 9.17) is 0 Å². The minimum atomic E-state index is -4.69. The summed E-state index contributed by atoms with van der Waals surface area (Å²) in [6, 6.07) is 3.16. The molecule has 1 N–H and O–H groups in total. The van der Waals surface area contributed by atoms with Gasteiger partial charge in [0.15, 0.2) is 0 Å². The zero-order valence-electron chi connectivity index (χ0n) is 16.6. The lowest BCUT2D eigenvalue weighted by Crippen LogP contribution is -2.33. The minimum absolute atomic E-state index is 0.196. The fourth-order valence-electron chi connectivity index (χ4n) is 3.74. The molecule has 0 aromatic carbocycles. The Labute approximate surface area is 177 Å². The number of hydrogen-bond acceptors (Lipinski definition) is 3. The molecule has 4 rings (SSSR count). The number of nitrogens with one attached hydrogen (secondary N) is 1. The molecule has 3 aromatic rings. The lowest BCUT2D eigenvalue weighted by atomic mass is 10.0. The van der Waals surface area contributed by atoms with Crippen molar-refractivity contribution in [2.24, 2.45) is 7.05 Å². The molecule has 32 heavy (non-hydrogen) atoms. The second-order valence-corrected chi connectivity index (χ2v) is 7.52. The van der Waals surface area contributed by atoms with Crippen molar-refractivity contribution in [2.45, 2.75) is 37.8 Å². The van der Waals surface area contributed by atoms with Gasteiger partial charge in [-0.1, -0.05) is 0 Å². The molecule has 0 saturated heterocycles. The van der Waals surface area contributed by atoms with Gasteiger partial charge in [0.1, 0.15) is 5.69 Å². The molecule has 170 valence electrons. The molecule has 1 amide bonds. The van der Waals surface area contributed by atoms with E-state index in [1.807, 2.05) is 0 Å². The highest BCUT2D eigenvalue weighted by Gasteiger charge is 2.37. The topological polar surface area (TPSA) is 64.7 Å². The number of aryl methyl sites for hydroxylation is 2. The second kappa shape index (κ2) is 7.68. The van der Waals surface area contributed by atoms with Crippen molar-refractivity contribution >= 4 is 5.91 Å². The van der Waals surface area contributed by atoms with Crippen molar-refractivity contribution in [3.05, 3.63) is 59.3 Å². The van der Waals surface area contributed by atoms with Crippen LogP contribution >= 0.6 is 0 Å². The average Bonchev–Trinajstić information content (AvgIpc) is 3.32. The second-order valence-electron chi connectivity index (χ2n) is 7.52. The smallest absolute Gasteiger partial charge is 0.356 e. The molecule has 0 unspecified atom stereocenters. The molecule has 3 aromatic heterocycles. The molecule has 0 fully saturated rings. The maximum Gasteiger partial charge on any atom is 0.433 e. The number of alkyl halides is 6. The standard InChI is InChI=1S/C20H17F6N5O/c1-30-9-12(13(10-30)19(21,22)23)18(32)28-14-3-2-6-31-16(14)8-15(29-31)11-4-5-27-17(7-11)20(24,25)26/h4-5,7-10,14H,2-3,6H2,1H3,(H,28,32)/t14-/m0/s1. The van der Waals surface area contributed by atoms with Gasteiger partial charge in [0.25, 0.3) is 5.91 Å². The molecule has 0 radical (unpaired) electrons. The van der Waals surface area contributed by atoms with E-state index in [1.165, 1.54) is 19.2 Å². The number of pyridine rings is 1. The largest absolute Gasteiger partial charge is 0.433 e. The predicted octanol–water partition coefficient (Wildman–Crippen LogP) is 4.59. The summed E-state index contributed by atoms with van der Waals surface area (Å²) in [5.41, 5.74) is -1.64. The van der Waals surface area contributed by atoms with Crippen LogP contribution < -0.4 is 5.32 Å². The molecule has 0 saturated carbocycles. The quantitative estimate of drug-likeness (QED) is 0.586. The van der Waals surface area contributed by atoms with Gasteiger partial charge in [0, 0.05) is 37.7 Å². The number of hydrogen-bond donors (Lipinski definition) is 1. The van der Waals surface area contributed by atoms with Gasteiger partial charge in [-0.15, -0.1) is 0 Å². The van der Waals surface area contributed by atoms with E-state index in [-0.39, 0.29) is 11.3 Å². The van der Waals surface area contributed by atoms with Crippen LogP contribution in [0.25, 0.3) is 11.3 Å². The van der Waals surface area contributed by atoms with E-state index in [2.05, 4.69) is 15.4 Å². The third kappa shape index (κ3) is 4.21. The lowest BCUT2D eigenvalue weighted by Gasteiger charge is -2.24. The van der Waals surface area contributed by atoms with Crippen LogP contribution in [0.2, 0.25) is 0 Å². The van der Waals surface area contributed by atoms with Crippen LogP contribution in [0.15, 0.2) is 36.8 Å². The summed E-state index contributed by atoms with van der Waals surface area (Å²) in [6.45, 7) is 0.470. The van der Waals surface area contributed by atoms with E-state index < -0.39 is 41.1 Å². The number of halogens is 6. The van der Waals surface area contributed by atoms with Gasteiger partial charge in [0.05, 0.1) is 28.6 Å². The van der Waals surface area contributed by atoms with Crippen molar-refractivity contribution in [2.75, 3.05) is 0 Å². The van der Waals surface area contributed by atoms with Gasteiger partial charge in [-0.05, 0) is 31.0 Å². The first-order chi connectivity index (χ1) is 14.9. The third-order valence-corrected chi connectivity index (χ3v) is 5.19. The van der Waals surface area contributed by atoms with Crippen LogP contribution in [-0.2, 0) is 25.9 Å². The summed E-state index contributed by atoms with van der Waals surface area (Å²) >= 11 is 0. The molecule has 0 spiro atoms. The third-order valence-electron chi connectivity index (χ3n) is 5.19. The SMILES string of the molecule is Cn1cc(C(=O)N[C@H]2CCCn3nc(-c4ccnc(C(F)(F)F)c4)cc32)c(C(F)(F)F)c1. The number of fused-ring (bicyclic) bond motifs is 1. The molecule has 12 heteroatoms. The van der Waals surface area contributed by atoms with Crippen LogP contribution in [0.3, 0.4) is 0 Å². The number of amides is 1. The summed E-state index contributed by atoms with van der Waals surface area (Å²) in [6.07, 6.45) is -5.30. The van der Waals surface area contributed by atoms with E-state index in [0.29, 0.717) is 25.1 Å². The highest BCUT2D eigenvalue weighted by Crippen LogP contribution is 2.35. The molecular weight excluding hydrogens is 440 g/mol. The van der Waals surface area contributed by atoms with Crippen molar-refractivity contribution in [1.82, 2.24) is 24.6 Å². The summed E-state index contributed by atoms with van der Waals surface area (Å²) in [5, 5.41) is 6.93. The molecule has 6 nitrogen and oxygen atoms in total. The number of nitrogens with zero attached hydrogens (tertiary/aromatic N) is 4. The molecule has 0 aliphatic carbocycles. The highest BCUT2D eigenvalue weighted by atomic mass is 19.4. The Morgan fingerprint density at radius 1 is 1.12 bits per heavy atom. The molecule has 1 aliphatic heterocycles. The number of aromatic nitrogens is 4. The Hall–Kier alpha value is -3.31. The monoisotopic (exact) mass is 457 g/mol. The van der Waals surface area contributed by atoms with Gasteiger partial charge < -0.3 is 9.88 Å². The first-order valence-electron chi connectivity index (χ1n) is 9.59. The van der Waals surface area contributed by atoms with Crippen LogP contribution in [0.5, 0.6) is 0 Å². The van der Waals surface area contributed by atoms with Crippen molar-refractivity contribution in [3.63, 3.8) is 0 Å². The Balaban J connectivity index is 1.62. The normalized spacial score (nSPS) is 16.7. The van der Waals surface area contributed by atoms with Crippen molar-refractivity contribution < 1.29 is 31.1 Å². The van der Waals surface area contributed by atoms with Gasteiger partial charge in [-0.25, -0.2) is 0 Å². The van der Waals surface area contributed by atoms with Gasteiger partial charge in [-0.2, -0.15) is 31.4 Å². The molecular formula is C20H17F6N5O. The lowest BCUT2D eigenvalue weighted by molar-refractivity contribution is -0.141. The summed E-state index contributed by atoms with van der Waals surface area (Å²) in [7, 11) is 1.39. The van der Waals surface area contributed by atoms with E-state index >= 15 is 0 Å². The predicted molar refractivity (Wildman–Crippen MR) is 100 cm³/mol. The number of carbonyl (C=O) groups excluding carboxylic acids is 1. The Bertz CT molecular complexity index is 1160. The molecule has 4 heterocycles. The zero-order valence-corrected chi connectivity index (χ0v) is 16.6.